The summed E-state index contributed by atoms with van der Waals surface area (Å²) >= 11 is 9.17. The number of carbonyl (C=O) groups excluding carboxylic acids is 1. The number of rotatable bonds is 5. The molecular weight excluding hydrogens is 474 g/mol. The standard InChI is InChI=1S/C18H17BrClNO6S/c1-25-16-5-3-13(28(23,24)21-6-8-26-9-7-21)11-14(16)18(22)27-17-4-2-12(20)10-15(17)19/h2-5,10-11H,6-9H2,1H3. The number of sulfonamides is 1. The molecule has 0 aromatic heterocycles. The van der Waals surface area contributed by atoms with Crippen LogP contribution >= 0.6 is 27.5 Å². The van der Waals surface area contributed by atoms with Crippen molar-refractivity contribution in [2.75, 3.05) is 33.4 Å². The quantitative estimate of drug-likeness (QED) is 0.472. The van der Waals surface area contributed by atoms with Gasteiger partial charge < -0.3 is 14.2 Å². The van der Waals surface area contributed by atoms with Crippen LogP contribution in [-0.4, -0.2) is 52.1 Å². The van der Waals surface area contributed by atoms with Crippen molar-refractivity contribution in [3.63, 3.8) is 0 Å². The number of ether oxygens (including phenoxy) is 3. The van der Waals surface area contributed by atoms with E-state index < -0.39 is 16.0 Å². The molecule has 0 N–H and O–H groups in total. The minimum atomic E-state index is -3.77. The van der Waals surface area contributed by atoms with Gasteiger partial charge in [0.2, 0.25) is 10.0 Å². The molecule has 10 heteroatoms. The van der Waals surface area contributed by atoms with Crippen LogP contribution in [0.4, 0.5) is 0 Å². The summed E-state index contributed by atoms with van der Waals surface area (Å²) in [5, 5.41) is 0.475. The van der Waals surface area contributed by atoms with Gasteiger partial charge in [-0.3, -0.25) is 0 Å². The van der Waals surface area contributed by atoms with E-state index in [1.54, 1.807) is 12.1 Å². The topological polar surface area (TPSA) is 82.1 Å². The molecule has 0 aliphatic carbocycles. The van der Waals surface area contributed by atoms with Gasteiger partial charge in [-0.15, -0.1) is 0 Å². The number of hydrogen-bond acceptors (Lipinski definition) is 6. The van der Waals surface area contributed by atoms with Crippen LogP contribution in [0.3, 0.4) is 0 Å². The van der Waals surface area contributed by atoms with Gasteiger partial charge in [-0.25, -0.2) is 13.2 Å². The average molecular weight is 491 g/mol. The van der Waals surface area contributed by atoms with E-state index in [2.05, 4.69) is 15.9 Å². The average Bonchev–Trinajstić information content (AvgIpc) is 2.70. The van der Waals surface area contributed by atoms with Crippen molar-refractivity contribution < 1.29 is 27.4 Å². The first-order valence-electron chi connectivity index (χ1n) is 8.26. The monoisotopic (exact) mass is 489 g/mol. The van der Waals surface area contributed by atoms with Gasteiger partial charge in [-0.05, 0) is 52.3 Å². The molecule has 3 rings (SSSR count). The van der Waals surface area contributed by atoms with Crippen LogP contribution in [0.25, 0.3) is 0 Å². The Morgan fingerprint density at radius 2 is 1.82 bits per heavy atom. The first-order chi connectivity index (χ1) is 13.3. The van der Waals surface area contributed by atoms with E-state index in [1.165, 1.54) is 35.7 Å². The molecule has 150 valence electrons. The predicted molar refractivity (Wildman–Crippen MR) is 107 cm³/mol. The fourth-order valence-electron chi connectivity index (χ4n) is 2.66. The third kappa shape index (κ3) is 4.49. The van der Waals surface area contributed by atoms with Crippen LogP contribution in [0.2, 0.25) is 5.02 Å². The highest BCUT2D eigenvalue weighted by Crippen LogP contribution is 2.31. The predicted octanol–water partition coefficient (Wildman–Crippen LogP) is 3.35. The lowest BCUT2D eigenvalue weighted by atomic mass is 10.2. The largest absolute Gasteiger partial charge is 0.496 e. The van der Waals surface area contributed by atoms with E-state index in [4.69, 9.17) is 25.8 Å². The molecule has 0 amide bonds. The maximum atomic E-state index is 12.9. The van der Waals surface area contributed by atoms with Crippen LogP contribution in [-0.2, 0) is 14.8 Å². The minimum absolute atomic E-state index is 0.00122. The van der Waals surface area contributed by atoms with Crippen molar-refractivity contribution in [2.45, 2.75) is 4.90 Å². The highest BCUT2D eigenvalue weighted by atomic mass is 79.9. The van der Waals surface area contributed by atoms with Gasteiger partial charge in [0.15, 0.2) is 0 Å². The molecule has 0 radical (unpaired) electrons. The van der Waals surface area contributed by atoms with E-state index in [-0.39, 0.29) is 35.0 Å². The molecule has 1 fully saturated rings. The van der Waals surface area contributed by atoms with Crippen LogP contribution < -0.4 is 9.47 Å². The van der Waals surface area contributed by atoms with E-state index in [0.29, 0.717) is 22.7 Å². The molecule has 1 aliphatic heterocycles. The minimum Gasteiger partial charge on any atom is -0.496 e. The van der Waals surface area contributed by atoms with Crippen LogP contribution in [0.5, 0.6) is 11.5 Å². The highest BCUT2D eigenvalue weighted by Gasteiger charge is 2.28. The Hall–Kier alpha value is -1.65. The zero-order valence-corrected chi connectivity index (χ0v) is 18.0. The number of esters is 1. The third-order valence-electron chi connectivity index (χ3n) is 4.10. The zero-order chi connectivity index (χ0) is 20.3. The number of morpholine rings is 1. The fourth-order valence-corrected chi connectivity index (χ4v) is 4.85. The van der Waals surface area contributed by atoms with Crippen molar-refractivity contribution in [1.82, 2.24) is 4.31 Å². The van der Waals surface area contributed by atoms with Crippen molar-refractivity contribution in [1.29, 1.82) is 0 Å². The Balaban J connectivity index is 1.93. The third-order valence-corrected chi connectivity index (χ3v) is 6.84. The smallest absolute Gasteiger partial charge is 0.347 e. The molecule has 1 heterocycles. The van der Waals surface area contributed by atoms with E-state index in [9.17, 15) is 13.2 Å². The first-order valence-corrected chi connectivity index (χ1v) is 10.9. The molecular formula is C18H17BrClNO6S. The molecule has 2 aromatic carbocycles. The van der Waals surface area contributed by atoms with Gasteiger partial charge in [0.05, 0.1) is 29.7 Å². The molecule has 28 heavy (non-hydrogen) atoms. The molecule has 0 bridgehead atoms. The molecule has 0 saturated carbocycles. The van der Waals surface area contributed by atoms with Crippen molar-refractivity contribution in [3.05, 3.63) is 51.5 Å². The Kier molecular flexibility index (Phi) is 6.61. The van der Waals surface area contributed by atoms with Crippen LogP contribution in [0.15, 0.2) is 45.8 Å². The summed E-state index contributed by atoms with van der Waals surface area (Å²) in [6.07, 6.45) is 0. The lowest BCUT2D eigenvalue weighted by molar-refractivity contribution is 0.0725. The Morgan fingerprint density at radius 3 is 2.46 bits per heavy atom. The number of nitrogens with zero attached hydrogens (tertiary/aromatic N) is 1. The van der Waals surface area contributed by atoms with Gasteiger partial charge in [0.25, 0.3) is 0 Å². The second-order valence-corrected chi connectivity index (χ2v) is 9.07. The number of halogens is 2. The number of benzene rings is 2. The van der Waals surface area contributed by atoms with Crippen molar-refractivity contribution in [3.8, 4) is 11.5 Å². The van der Waals surface area contributed by atoms with Crippen LogP contribution in [0.1, 0.15) is 10.4 Å². The second kappa shape index (κ2) is 8.79. The first kappa shape index (κ1) is 21.1. The summed E-state index contributed by atoms with van der Waals surface area (Å²) in [6.45, 7) is 1.17. The molecule has 0 spiro atoms. The maximum absolute atomic E-state index is 12.9. The normalized spacial score (nSPS) is 15.2. The number of carbonyl (C=O) groups is 1. The van der Waals surface area contributed by atoms with Gasteiger partial charge >= 0.3 is 5.97 Å². The van der Waals surface area contributed by atoms with Gasteiger partial charge in [0.1, 0.15) is 17.1 Å². The zero-order valence-electron chi connectivity index (χ0n) is 14.9. The van der Waals surface area contributed by atoms with E-state index >= 15 is 0 Å². The summed E-state index contributed by atoms with van der Waals surface area (Å²) in [6, 6.07) is 8.78. The Bertz CT molecular complexity index is 992. The molecule has 1 saturated heterocycles. The van der Waals surface area contributed by atoms with Gasteiger partial charge in [-0.2, -0.15) is 4.31 Å². The van der Waals surface area contributed by atoms with Gasteiger partial charge in [0, 0.05) is 18.1 Å². The number of hydrogen-bond donors (Lipinski definition) is 0. The van der Waals surface area contributed by atoms with Gasteiger partial charge in [-0.1, -0.05) is 11.6 Å². The lowest BCUT2D eigenvalue weighted by Crippen LogP contribution is -2.40. The summed E-state index contributed by atoms with van der Waals surface area (Å²) in [4.78, 5) is 12.7. The van der Waals surface area contributed by atoms with Crippen molar-refractivity contribution >= 4 is 43.5 Å². The second-order valence-electron chi connectivity index (χ2n) is 5.84. The summed E-state index contributed by atoms with van der Waals surface area (Å²) < 4.78 is 43.3. The molecule has 1 aliphatic rings. The lowest BCUT2D eigenvalue weighted by Gasteiger charge is -2.26. The Labute approximate surface area is 176 Å². The number of methoxy groups -OCH3 is 1. The van der Waals surface area contributed by atoms with E-state index in [1.807, 2.05) is 0 Å². The molecule has 0 atom stereocenters. The molecule has 7 nitrogen and oxygen atoms in total. The van der Waals surface area contributed by atoms with E-state index in [0.717, 1.165) is 0 Å². The fraction of sp³-hybridized carbons (Fsp3) is 0.278. The van der Waals surface area contributed by atoms with Crippen LogP contribution in [0, 0.1) is 0 Å². The summed E-state index contributed by atoms with van der Waals surface area (Å²) in [7, 11) is -2.38. The highest BCUT2D eigenvalue weighted by molar-refractivity contribution is 9.10. The van der Waals surface area contributed by atoms with Crippen molar-refractivity contribution in [2.24, 2.45) is 0 Å². The molecule has 0 unspecified atom stereocenters. The Morgan fingerprint density at radius 1 is 1.14 bits per heavy atom. The summed E-state index contributed by atoms with van der Waals surface area (Å²) in [5.41, 5.74) is -0.00122. The summed E-state index contributed by atoms with van der Waals surface area (Å²) in [5.74, 6) is -0.298. The molecule has 2 aromatic rings. The maximum Gasteiger partial charge on any atom is 0.347 e. The SMILES string of the molecule is COc1ccc(S(=O)(=O)N2CCOCC2)cc1C(=O)Oc1ccc(Cl)cc1Br.